The summed E-state index contributed by atoms with van der Waals surface area (Å²) in [7, 11) is 0. The zero-order chi connectivity index (χ0) is 29.9. The molecule has 3 aromatic rings. The summed E-state index contributed by atoms with van der Waals surface area (Å²) >= 11 is 0. The van der Waals surface area contributed by atoms with E-state index in [1.54, 1.807) is 12.1 Å². The molecule has 3 atom stereocenters. The molecule has 1 fully saturated rings. The fraction of sp³-hybridized carbons (Fsp3) is 0.471. The molecule has 0 spiro atoms. The number of rotatable bonds is 9. The molecule has 1 saturated heterocycles. The number of anilines is 1. The highest BCUT2D eigenvalue weighted by atomic mass is 19.1. The molecule has 2 unspecified atom stereocenters. The Balaban J connectivity index is 1.74. The number of pyridine rings is 1. The van der Waals surface area contributed by atoms with Gasteiger partial charge >= 0.3 is 5.97 Å². The van der Waals surface area contributed by atoms with Crippen LogP contribution < -0.4 is 9.64 Å². The van der Waals surface area contributed by atoms with Gasteiger partial charge in [-0.15, -0.1) is 0 Å². The van der Waals surface area contributed by atoms with Crippen molar-refractivity contribution in [3.63, 3.8) is 0 Å². The van der Waals surface area contributed by atoms with Gasteiger partial charge in [0.25, 0.3) is 0 Å². The fourth-order valence-electron chi connectivity index (χ4n) is 5.92. The van der Waals surface area contributed by atoms with Crippen LogP contribution in [0, 0.1) is 31.5 Å². The molecule has 0 aliphatic carbocycles. The number of aromatic nitrogens is 1. The van der Waals surface area contributed by atoms with Crippen LogP contribution in [0.2, 0.25) is 0 Å². The van der Waals surface area contributed by atoms with Crippen LogP contribution in [-0.2, 0) is 16.0 Å². The number of ether oxygens (including phenoxy) is 2. The minimum atomic E-state index is -1.15. The predicted molar refractivity (Wildman–Crippen MR) is 161 cm³/mol. The van der Waals surface area contributed by atoms with E-state index in [9.17, 15) is 14.3 Å². The van der Waals surface area contributed by atoms with Crippen molar-refractivity contribution in [2.24, 2.45) is 11.8 Å². The van der Waals surface area contributed by atoms with Gasteiger partial charge in [0.05, 0.1) is 17.9 Å². The number of aryl methyl sites for hydroxylation is 2. The minimum absolute atomic E-state index is 0.248. The molecular weight excluding hydrogens is 519 g/mol. The van der Waals surface area contributed by atoms with Gasteiger partial charge in [0.1, 0.15) is 11.6 Å². The van der Waals surface area contributed by atoms with E-state index >= 15 is 0 Å². The largest absolute Gasteiger partial charge is 0.493 e. The smallest absolute Gasteiger partial charge is 0.337 e. The summed E-state index contributed by atoms with van der Waals surface area (Å²) in [6.07, 6.45) is 0.653. The average molecular weight is 563 g/mol. The third-order valence-corrected chi connectivity index (χ3v) is 7.44. The Bertz CT molecular complexity index is 1340. The van der Waals surface area contributed by atoms with E-state index in [4.69, 9.17) is 14.5 Å². The van der Waals surface area contributed by atoms with Gasteiger partial charge in [-0.3, -0.25) is 4.98 Å². The Morgan fingerprint density at radius 1 is 1.02 bits per heavy atom. The number of piperidine rings is 1. The van der Waals surface area contributed by atoms with E-state index in [0.29, 0.717) is 36.1 Å². The molecule has 0 bridgehead atoms. The Kier molecular flexibility index (Phi) is 9.37. The molecule has 2 heterocycles. The van der Waals surface area contributed by atoms with Gasteiger partial charge in [0, 0.05) is 42.0 Å². The average Bonchev–Trinajstić information content (AvgIpc) is 2.88. The lowest BCUT2D eigenvalue weighted by Gasteiger charge is -2.40. The van der Waals surface area contributed by atoms with Crippen molar-refractivity contribution in [1.29, 1.82) is 0 Å². The van der Waals surface area contributed by atoms with Crippen LogP contribution in [0.5, 0.6) is 5.75 Å². The standard InChI is InChI=1S/C34H43FN2O4/c1-21-18-22(2)20-37(19-21)31-29(23(3)36-24(4)30(31)32(33(38)39)41-34(5,6)7)26-10-14-28(15-11-26)40-17-16-25-8-12-27(35)13-9-25/h8-15,21-22,32H,16-20H2,1-7H3,(H,38,39)/t21?,22?,32-/m0/s1. The zero-order valence-corrected chi connectivity index (χ0v) is 25.3. The van der Waals surface area contributed by atoms with Gasteiger partial charge in [-0.25, -0.2) is 9.18 Å². The number of nitrogens with zero attached hydrogens (tertiary/aromatic N) is 2. The number of benzene rings is 2. The Morgan fingerprint density at radius 3 is 2.20 bits per heavy atom. The molecule has 220 valence electrons. The van der Waals surface area contributed by atoms with E-state index in [2.05, 4.69) is 18.7 Å². The molecule has 6 nitrogen and oxygen atoms in total. The van der Waals surface area contributed by atoms with Gasteiger partial charge < -0.3 is 19.5 Å². The second-order valence-corrected chi connectivity index (χ2v) is 12.5. The molecule has 0 radical (unpaired) electrons. The number of halogens is 1. The predicted octanol–water partition coefficient (Wildman–Crippen LogP) is 7.55. The number of carboxylic acid groups (broad SMARTS) is 1. The molecule has 1 aromatic heterocycles. The Hall–Kier alpha value is -3.45. The lowest BCUT2D eigenvalue weighted by Crippen LogP contribution is -2.40. The molecule has 4 rings (SSSR count). The van der Waals surface area contributed by atoms with Crippen LogP contribution in [-0.4, -0.2) is 41.4 Å². The van der Waals surface area contributed by atoms with Crippen LogP contribution in [0.1, 0.15) is 69.7 Å². The molecule has 7 heteroatoms. The third kappa shape index (κ3) is 7.64. The quantitative estimate of drug-likeness (QED) is 0.290. The highest BCUT2D eigenvalue weighted by molar-refractivity contribution is 5.88. The van der Waals surface area contributed by atoms with Crippen LogP contribution in [0.4, 0.5) is 10.1 Å². The summed E-state index contributed by atoms with van der Waals surface area (Å²) in [5.41, 5.74) is 5.26. The second kappa shape index (κ2) is 12.6. The number of carboxylic acids is 1. The monoisotopic (exact) mass is 562 g/mol. The summed E-state index contributed by atoms with van der Waals surface area (Å²) in [6, 6.07) is 14.3. The zero-order valence-electron chi connectivity index (χ0n) is 25.3. The first-order valence-corrected chi connectivity index (χ1v) is 14.5. The topological polar surface area (TPSA) is 71.9 Å². The summed E-state index contributed by atoms with van der Waals surface area (Å²) in [4.78, 5) is 19.9. The van der Waals surface area contributed by atoms with Gasteiger partial charge in [-0.05, 0) is 88.3 Å². The van der Waals surface area contributed by atoms with Crippen molar-refractivity contribution in [1.82, 2.24) is 4.98 Å². The molecular formula is C34H43FN2O4. The van der Waals surface area contributed by atoms with Crippen molar-refractivity contribution in [2.75, 3.05) is 24.6 Å². The van der Waals surface area contributed by atoms with Crippen molar-refractivity contribution < 1.29 is 23.8 Å². The SMILES string of the molecule is Cc1nc(C)c([C@H](OC(C)(C)C)C(=O)O)c(N2CC(C)CC(C)C2)c1-c1ccc(OCCc2ccc(F)cc2)cc1. The van der Waals surface area contributed by atoms with Gasteiger partial charge in [0.15, 0.2) is 6.10 Å². The van der Waals surface area contributed by atoms with Crippen LogP contribution in [0.15, 0.2) is 48.5 Å². The van der Waals surface area contributed by atoms with Crippen molar-refractivity contribution >= 4 is 11.7 Å². The molecule has 0 saturated carbocycles. The highest BCUT2D eigenvalue weighted by Gasteiger charge is 2.36. The third-order valence-electron chi connectivity index (χ3n) is 7.44. The van der Waals surface area contributed by atoms with Crippen LogP contribution in [0.25, 0.3) is 11.1 Å². The van der Waals surface area contributed by atoms with E-state index in [1.807, 2.05) is 58.9 Å². The first kappa shape index (κ1) is 30.5. The fourth-order valence-corrected chi connectivity index (χ4v) is 5.92. The van der Waals surface area contributed by atoms with E-state index in [1.165, 1.54) is 12.1 Å². The number of hydrogen-bond acceptors (Lipinski definition) is 5. The van der Waals surface area contributed by atoms with E-state index < -0.39 is 17.7 Å². The first-order chi connectivity index (χ1) is 19.3. The van der Waals surface area contributed by atoms with Crippen LogP contribution in [0.3, 0.4) is 0 Å². The maximum atomic E-state index is 13.2. The molecule has 41 heavy (non-hydrogen) atoms. The van der Waals surface area contributed by atoms with Gasteiger partial charge in [-0.1, -0.05) is 38.1 Å². The van der Waals surface area contributed by atoms with Crippen molar-refractivity contribution in [3.05, 3.63) is 76.9 Å². The molecule has 1 aliphatic heterocycles. The normalized spacial score (nSPS) is 18.3. The summed E-state index contributed by atoms with van der Waals surface area (Å²) in [5.74, 6) is 0.398. The number of hydrogen-bond donors (Lipinski definition) is 1. The van der Waals surface area contributed by atoms with Gasteiger partial charge in [0.2, 0.25) is 0 Å². The van der Waals surface area contributed by atoms with Crippen molar-refractivity contribution in [2.45, 2.75) is 73.0 Å². The number of carbonyl (C=O) groups is 1. The maximum absolute atomic E-state index is 13.2. The Labute approximate surface area is 243 Å². The first-order valence-electron chi connectivity index (χ1n) is 14.5. The molecule has 1 aliphatic rings. The summed E-state index contributed by atoms with van der Waals surface area (Å²) < 4.78 is 25.4. The molecule has 1 N–H and O–H groups in total. The maximum Gasteiger partial charge on any atom is 0.337 e. The Morgan fingerprint density at radius 2 is 1.63 bits per heavy atom. The van der Waals surface area contributed by atoms with Gasteiger partial charge in [-0.2, -0.15) is 0 Å². The summed E-state index contributed by atoms with van der Waals surface area (Å²) in [6.45, 7) is 16.1. The molecule has 0 amide bonds. The lowest BCUT2D eigenvalue weighted by atomic mass is 9.88. The number of aliphatic carboxylic acids is 1. The van der Waals surface area contributed by atoms with Crippen molar-refractivity contribution in [3.8, 4) is 16.9 Å². The van der Waals surface area contributed by atoms with E-state index in [0.717, 1.165) is 53.3 Å². The second-order valence-electron chi connectivity index (χ2n) is 12.5. The minimum Gasteiger partial charge on any atom is -0.493 e. The molecule has 2 aromatic carbocycles. The summed E-state index contributed by atoms with van der Waals surface area (Å²) in [5, 5.41) is 10.4. The lowest BCUT2D eigenvalue weighted by molar-refractivity contribution is -0.160. The van der Waals surface area contributed by atoms with E-state index in [-0.39, 0.29) is 5.82 Å². The highest BCUT2D eigenvalue weighted by Crippen LogP contribution is 2.44. The van der Waals surface area contributed by atoms with Crippen LogP contribution >= 0.6 is 0 Å².